The Labute approximate surface area is 103 Å². The Hall–Kier alpha value is -1.79. The molecule has 3 nitrogen and oxygen atoms in total. The fraction of sp³-hybridized carbons (Fsp3) is 0.357. The van der Waals surface area contributed by atoms with Crippen LogP contribution in [-0.2, 0) is 11.3 Å². The molecule has 0 saturated carbocycles. The summed E-state index contributed by atoms with van der Waals surface area (Å²) in [5, 5.41) is 2.67. The number of likely N-dealkylation sites (N-methyl/N-ethyl adjacent to an activating group) is 1. The highest BCUT2D eigenvalue weighted by Gasteiger charge is 2.10. The molecule has 0 heterocycles. The van der Waals surface area contributed by atoms with Crippen molar-refractivity contribution < 1.29 is 9.69 Å². The molecule has 1 aromatic carbocycles. The lowest BCUT2D eigenvalue weighted by atomic mass is 10.1. The molecule has 0 radical (unpaired) electrons. The van der Waals surface area contributed by atoms with Crippen LogP contribution in [-0.4, -0.2) is 26.0 Å². The first kappa shape index (κ1) is 13.3. The van der Waals surface area contributed by atoms with E-state index in [9.17, 15) is 4.79 Å². The summed E-state index contributed by atoms with van der Waals surface area (Å²) >= 11 is 0. The molecule has 0 bridgehead atoms. The van der Waals surface area contributed by atoms with Crippen molar-refractivity contribution in [3.63, 3.8) is 0 Å². The maximum absolute atomic E-state index is 11.5. The van der Waals surface area contributed by atoms with E-state index in [1.165, 1.54) is 11.1 Å². The highest BCUT2D eigenvalue weighted by molar-refractivity contribution is 5.77. The van der Waals surface area contributed by atoms with Crippen molar-refractivity contribution in [1.82, 2.24) is 5.32 Å². The van der Waals surface area contributed by atoms with Gasteiger partial charge in [0.1, 0.15) is 6.54 Å². The van der Waals surface area contributed by atoms with Gasteiger partial charge >= 0.3 is 0 Å². The molecule has 0 aliphatic heterocycles. The summed E-state index contributed by atoms with van der Waals surface area (Å²) in [4.78, 5) is 12.6. The van der Waals surface area contributed by atoms with Gasteiger partial charge in [-0.05, 0) is 12.5 Å². The van der Waals surface area contributed by atoms with Crippen LogP contribution in [0.15, 0.2) is 24.3 Å². The van der Waals surface area contributed by atoms with Crippen LogP contribution in [0.2, 0.25) is 0 Å². The number of hydrogen-bond acceptors (Lipinski definition) is 1. The number of aryl methyl sites for hydroxylation is 1. The smallest absolute Gasteiger partial charge is 0.275 e. The quantitative estimate of drug-likeness (QED) is 0.674. The second-order valence-electron chi connectivity index (χ2n) is 4.22. The average molecular weight is 231 g/mol. The highest BCUT2D eigenvalue weighted by atomic mass is 16.1. The van der Waals surface area contributed by atoms with Crippen molar-refractivity contribution in [2.45, 2.75) is 13.5 Å². The van der Waals surface area contributed by atoms with E-state index in [1.807, 2.05) is 19.2 Å². The Bertz CT molecular complexity index is 420. The Kier molecular flexibility index (Phi) is 5.25. The zero-order valence-electron chi connectivity index (χ0n) is 10.4. The monoisotopic (exact) mass is 231 g/mol. The van der Waals surface area contributed by atoms with Gasteiger partial charge in [-0.15, -0.1) is 6.42 Å². The molecule has 0 spiro atoms. The topological polar surface area (TPSA) is 33.5 Å². The van der Waals surface area contributed by atoms with E-state index in [4.69, 9.17) is 6.42 Å². The van der Waals surface area contributed by atoms with Crippen LogP contribution in [0.3, 0.4) is 0 Å². The lowest BCUT2D eigenvalue weighted by Crippen LogP contribution is -3.09. The SMILES string of the molecule is C#CCNC(=O)C[NH+](C)Cc1ccccc1C. The minimum atomic E-state index is -0.00552. The Morgan fingerprint density at radius 2 is 2.18 bits per heavy atom. The van der Waals surface area contributed by atoms with E-state index in [0.29, 0.717) is 13.1 Å². The van der Waals surface area contributed by atoms with E-state index < -0.39 is 0 Å². The van der Waals surface area contributed by atoms with Gasteiger partial charge in [-0.25, -0.2) is 0 Å². The zero-order valence-corrected chi connectivity index (χ0v) is 10.4. The molecule has 0 fully saturated rings. The first-order valence-electron chi connectivity index (χ1n) is 5.69. The summed E-state index contributed by atoms with van der Waals surface area (Å²) in [6, 6.07) is 8.22. The largest absolute Gasteiger partial charge is 0.340 e. The van der Waals surface area contributed by atoms with Crippen LogP contribution in [0.1, 0.15) is 11.1 Å². The zero-order chi connectivity index (χ0) is 12.7. The summed E-state index contributed by atoms with van der Waals surface area (Å²) in [6.45, 7) is 3.67. The third-order valence-corrected chi connectivity index (χ3v) is 2.60. The minimum absolute atomic E-state index is 0.00552. The van der Waals surface area contributed by atoms with Crippen molar-refractivity contribution in [2.24, 2.45) is 0 Å². The Morgan fingerprint density at radius 1 is 1.47 bits per heavy atom. The summed E-state index contributed by atoms with van der Waals surface area (Å²) in [5.74, 6) is 2.38. The second-order valence-corrected chi connectivity index (χ2v) is 4.22. The van der Waals surface area contributed by atoms with Crippen molar-refractivity contribution in [2.75, 3.05) is 20.1 Å². The molecule has 1 amide bonds. The molecule has 17 heavy (non-hydrogen) atoms. The van der Waals surface area contributed by atoms with E-state index in [2.05, 4.69) is 30.3 Å². The van der Waals surface area contributed by atoms with Gasteiger partial charge in [-0.1, -0.05) is 30.2 Å². The molecule has 0 aromatic heterocycles. The van der Waals surface area contributed by atoms with Crippen LogP contribution in [0, 0.1) is 19.3 Å². The second kappa shape index (κ2) is 6.72. The Balaban J connectivity index is 2.45. The number of hydrogen-bond donors (Lipinski definition) is 2. The van der Waals surface area contributed by atoms with E-state index in [-0.39, 0.29) is 5.91 Å². The normalized spacial score (nSPS) is 11.6. The molecule has 0 aliphatic rings. The van der Waals surface area contributed by atoms with Crippen LogP contribution >= 0.6 is 0 Å². The molecule has 1 aromatic rings. The number of benzene rings is 1. The van der Waals surface area contributed by atoms with Crippen LogP contribution in [0.5, 0.6) is 0 Å². The maximum Gasteiger partial charge on any atom is 0.275 e. The van der Waals surface area contributed by atoms with E-state index in [1.54, 1.807) is 0 Å². The van der Waals surface area contributed by atoms with Gasteiger partial charge in [0.05, 0.1) is 13.6 Å². The Morgan fingerprint density at radius 3 is 2.82 bits per heavy atom. The van der Waals surface area contributed by atoms with Crippen LogP contribution in [0.4, 0.5) is 0 Å². The molecule has 1 rings (SSSR count). The number of carbonyl (C=O) groups is 1. The van der Waals surface area contributed by atoms with Crippen molar-refractivity contribution in [3.05, 3.63) is 35.4 Å². The van der Waals surface area contributed by atoms with Crippen LogP contribution < -0.4 is 10.2 Å². The number of nitrogens with one attached hydrogen (secondary N) is 2. The standard InChI is InChI=1S/C14H18N2O/c1-4-9-15-14(17)11-16(3)10-13-8-6-5-7-12(13)2/h1,5-8H,9-11H2,2-3H3,(H,15,17)/p+1. The third kappa shape index (κ3) is 4.71. The van der Waals surface area contributed by atoms with Gasteiger partial charge in [0.15, 0.2) is 6.54 Å². The van der Waals surface area contributed by atoms with Crippen LogP contribution in [0.25, 0.3) is 0 Å². The van der Waals surface area contributed by atoms with Gasteiger partial charge in [-0.2, -0.15) is 0 Å². The minimum Gasteiger partial charge on any atom is -0.340 e. The summed E-state index contributed by atoms with van der Waals surface area (Å²) in [5.41, 5.74) is 2.53. The number of quaternary nitrogens is 1. The highest BCUT2D eigenvalue weighted by Crippen LogP contribution is 2.04. The van der Waals surface area contributed by atoms with Gasteiger partial charge in [0, 0.05) is 5.56 Å². The van der Waals surface area contributed by atoms with Crippen molar-refractivity contribution >= 4 is 5.91 Å². The van der Waals surface area contributed by atoms with Gasteiger partial charge in [-0.3, -0.25) is 4.79 Å². The molecule has 1 unspecified atom stereocenters. The summed E-state index contributed by atoms with van der Waals surface area (Å²) < 4.78 is 0. The first-order valence-corrected chi connectivity index (χ1v) is 5.69. The summed E-state index contributed by atoms with van der Waals surface area (Å²) in [7, 11) is 2.00. The molecule has 0 aliphatic carbocycles. The maximum atomic E-state index is 11.5. The predicted molar refractivity (Wildman–Crippen MR) is 68.5 cm³/mol. The number of terminal acetylenes is 1. The molecule has 1 atom stereocenters. The average Bonchev–Trinajstić information content (AvgIpc) is 2.29. The van der Waals surface area contributed by atoms with E-state index >= 15 is 0 Å². The molecule has 2 N–H and O–H groups in total. The van der Waals surface area contributed by atoms with E-state index in [0.717, 1.165) is 11.4 Å². The number of amides is 1. The van der Waals surface area contributed by atoms with Gasteiger partial charge in [0.25, 0.3) is 5.91 Å². The molecule has 3 heteroatoms. The van der Waals surface area contributed by atoms with Crippen molar-refractivity contribution in [3.8, 4) is 12.3 Å². The lowest BCUT2D eigenvalue weighted by molar-refractivity contribution is -0.885. The molecule has 90 valence electrons. The third-order valence-electron chi connectivity index (χ3n) is 2.60. The molecular weight excluding hydrogens is 212 g/mol. The fourth-order valence-electron chi connectivity index (χ4n) is 1.68. The first-order chi connectivity index (χ1) is 8.13. The summed E-state index contributed by atoms with van der Waals surface area (Å²) in [6.07, 6.45) is 5.08. The fourth-order valence-corrected chi connectivity index (χ4v) is 1.68. The molecular formula is C14H19N2O+. The number of carbonyl (C=O) groups excluding carboxylic acids is 1. The predicted octanol–water partition coefficient (Wildman–Crippen LogP) is -0.241. The van der Waals surface area contributed by atoms with Crippen molar-refractivity contribution in [1.29, 1.82) is 0 Å². The van der Waals surface area contributed by atoms with Gasteiger partial charge < -0.3 is 10.2 Å². The molecule has 0 saturated heterocycles. The lowest BCUT2D eigenvalue weighted by Gasteiger charge is -2.14. The van der Waals surface area contributed by atoms with Gasteiger partial charge in [0.2, 0.25) is 0 Å². The number of rotatable bonds is 5.